The van der Waals surface area contributed by atoms with Crippen molar-refractivity contribution in [2.24, 2.45) is 11.8 Å². The summed E-state index contributed by atoms with van der Waals surface area (Å²) in [7, 11) is 0. The summed E-state index contributed by atoms with van der Waals surface area (Å²) in [5.41, 5.74) is 0. The lowest BCUT2D eigenvalue weighted by Crippen LogP contribution is -2.40. The van der Waals surface area contributed by atoms with Crippen LogP contribution in [0.25, 0.3) is 0 Å². The minimum absolute atomic E-state index is 0.110. The second-order valence-electron chi connectivity index (χ2n) is 5.07. The smallest absolute Gasteiger partial charge is 0.223 e. The molecule has 1 amide bonds. The number of carbonyl (C=O) groups excluding carboxylic acids is 1. The lowest BCUT2D eigenvalue weighted by atomic mass is 9.82. The van der Waals surface area contributed by atoms with Gasteiger partial charge in [-0.2, -0.15) is 0 Å². The summed E-state index contributed by atoms with van der Waals surface area (Å²) in [4.78, 5) is 11.8. The SMILES string of the molecule is O=C(NCC1CC(O)C1)C1CCCCC1. The maximum atomic E-state index is 11.8. The van der Waals surface area contributed by atoms with Crippen molar-refractivity contribution >= 4 is 5.91 Å². The average molecular weight is 211 g/mol. The molecule has 0 radical (unpaired) electrons. The molecule has 0 saturated heterocycles. The summed E-state index contributed by atoms with van der Waals surface area (Å²) in [6.07, 6.45) is 7.47. The monoisotopic (exact) mass is 211 g/mol. The number of hydrogen-bond donors (Lipinski definition) is 2. The van der Waals surface area contributed by atoms with Gasteiger partial charge in [-0.3, -0.25) is 4.79 Å². The van der Waals surface area contributed by atoms with Crippen LogP contribution in [0.4, 0.5) is 0 Å². The number of amides is 1. The number of nitrogens with one attached hydrogen (secondary N) is 1. The first-order valence-electron chi connectivity index (χ1n) is 6.21. The molecule has 0 unspecified atom stereocenters. The van der Waals surface area contributed by atoms with Gasteiger partial charge in [-0.05, 0) is 31.6 Å². The van der Waals surface area contributed by atoms with Gasteiger partial charge in [0, 0.05) is 12.5 Å². The van der Waals surface area contributed by atoms with E-state index in [1.165, 1.54) is 19.3 Å². The van der Waals surface area contributed by atoms with Gasteiger partial charge in [0.05, 0.1) is 6.10 Å². The first-order valence-corrected chi connectivity index (χ1v) is 6.21. The van der Waals surface area contributed by atoms with E-state index in [0.717, 1.165) is 32.2 Å². The highest BCUT2D eigenvalue weighted by Crippen LogP contribution is 2.27. The molecule has 3 heteroatoms. The van der Waals surface area contributed by atoms with E-state index < -0.39 is 0 Å². The fourth-order valence-corrected chi connectivity index (χ4v) is 2.62. The number of hydrogen-bond acceptors (Lipinski definition) is 2. The summed E-state index contributed by atoms with van der Waals surface area (Å²) in [6.45, 7) is 0.770. The van der Waals surface area contributed by atoms with Gasteiger partial charge in [-0.15, -0.1) is 0 Å². The van der Waals surface area contributed by atoms with E-state index in [4.69, 9.17) is 5.11 Å². The standard InChI is InChI=1S/C12H21NO2/c14-11-6-9(7-11)8-13-12(15)10-4-2-1-3-5-10/h9-11,14H,1-8H2,(H,13,15). The van der Waals surface area contributed by atoms with E-state index in [1.807, 2.05) is 0 Å². The van der Waals surface area contributed by atoms with Crippen molar-refractivity contribution in [3.05, 3.63) is 0 Å². The Bertz CT molecular complexity index is 218. The fourth-order valence-electron chi connectivity index (χ4n) is 2.62. The molecule has 0 heterocycles. The van der Waals surface area contributed by atoms with Crippen molar-refractivity contribution in [3.63, 3.8) is 0 Å². The molecule has 0 aliphatic heterocycles. The summed E-state index contributed by atoms with van der Waals surface area (Å²) >= 11 is 0. The minimum atomic E-state index is -0.110. The van der Waals surface area contributed by atoms with E-state index in [-0.39, 0.29) is 17.9 Å². The maximum absolute atomic E-state index is 11.8. The highest BCUT2D eigenvalue weighted by Gasteiger charge is 2.28. The maximum Gasteiger partial charge on any atom is 0.223 e. The molecule has 2 aliphatic carbocycles. The molecule has 2 rings (SSSR count). The Balaban J connectivity index is 1.63. The zero-order valence-corrected chi connectivity index (χ0v) is 9.24. The van der Waals surface area contributed by atoms with Crippen LogP contribution in [0.3, 0.4) is 0 Å². The molecule has 2 fully saturated rings. The van der Waals surface area contributed by atoms with E-state index in [2.05, 4.69) is 5.32 Å². The number of aliphatic hydroxyl groups is 1. The van der Waals surface area contributed by atoms with Crippen molar-refractivity contribution in [1.29, 1.82) is 0 Å². The molecule has 15 heavy (non-hydrogen) atoms. The summed E-state index contributed by atoms with van der Waals surface area (Å²) in [5, 5.41) is 12.1. The van der Waals surface area contributed by atoms with Crippen molar-refractivity contribution < 1.29 is 9.90 Å². The predicted octanol–water partition coefficient (Wildman–Crippen LogP) is 1.45. The zero-order valence-electron chi connectivity index (χ0n) is 9.24. The Morgan fingerprint density at radius 3 is 2.47 bits per heavy atom. The van der Waals surface area contributed by atoms with Gasteiger partial charge in [0.1, 0.15) is 0 Å². The van der Waals surface area contributed by atoms with Crippen molar-refractivity contribution in [1.82, 2.24) is 5.32 Å². The molecule has 0 aromatic rings. The quantitative estimate of drug-likeness (QED) is 0.742. The third-order valence-corrected chi connectivity index (χ3v) is 3.75. The fraction of sp³-hybridized carbons (Fsp3) is 0.917. The molecule has 0 atom stereocenters. The van der Waals surface area contributed by atoms with E-state index >= 15 is 0 Å². The Morgan fingerprint density at radius 1 is 1.20 bits per heavy atom. The normalized spacial score (nSPS) is 32.1. The Hall–Kier alpha value is -0.570. The van der Waals surface area contributed by atoms with Crippen LogP contribution in [0.5, 0.6) is 0 Å². The van der Waals surface area contributed by atoms with Gasteiger partial charge in [0.2, 0.25) is 5.91 Å². The van der Waals surface area contributed by atoms with Crippen LogP contribution < -0.4 is 5.32 Å². The second-order valence-corrected chi connectivity index (χ2v) is 5.07. The topological polar surface area (TPSA) is 49.3 Å². The number of rotatable bonds is 3. The van der Waals surface area contributed by atoms with Crippen molar-refractivity contribution in [3.8, 4) is 0 Å². The molecule has 2 N–H and O–H groups in total. The van der Waals surface area contributed by atoms with Gasteiger partial charge >= 0.3 is 0 Å². The van der Waals surface area contributed by atoms with Gasteiger partial charge in [-0.25, -0.2) is 0 Å². The highest BCUT2D eigenvalue weighted by molar-refractivity contribution is 5.78. The molecule has 0 spiro atoms. The average Bonchev–Trinajstić information content (AvgIpc) is 2.23. The molecular weight excluding hydrogens is 190 g/mol. The summed E-state index contributed by atoms with van der Waals surface area (Å²) in [6, 6.07) is 0. The minimum Gasteiger partial charge on any atom is -0.393 e. The second kappa shape index (κ2) is 4.97. The van der Waals surface area contributed by atoms with Crippen molar-refractivity contribution in [2.45, 2.75) is 51.0 Å². The number of aliphatic hydroxyl groups excluding tert-OH is 1. The van der Waals surface area contributed by atoms with Crippen LogP contribution in [-0.2, 0) is 4.79 Å². The molecular formula is C12H21NO2. The van der Waals surface area contributed by atoms with Crippen LogP contribution in [0, 0.1) is 11.8 Å². The van der Waals surface area contributed by atoms with E-state index in [9.17, 15) is 4.79 Å². The highest BCUT2D eigenvalue weighted by atomic mass is 16.3. The van der Waals surface area contributed by atoms with E-state index in [1.54, 1.807) is 0 Å². The van der Waals surface area contributed by atoms with Crippen LogP contribution in [0.1, 0.15) is 44.9 Å². The van der Waals surface area contributed by atoms with Crippen LogP contribution >= 0.6 is 0 Å². The summed E-state index contributed by atoms with van der Waals surface area (Å²) in [5.74, 6) is 1.03. The predicted molar refractivity (Wildman–Crippen MR) is 58.3 cm³/mol. The Morgan fingerprint density at radius 2 is 1.87 bits per heavy atom. The number of carbonyl (C=O) groups is 1. The molecule has 0 bridgehead atoms. The van der Waals surface area contributed by atoms with Crippen LogP contribution in [0.15, 0.2) is 0 Å². The first kappa shape index (κ1) is 10.9. The largest absolute Gasteiger partial charge is 0.393 e. The van der Waals surface area contributed by atoms with Gasteiger partial charge < -0.3 is 10.4 Å². The molecule has 2 saturated carbocycles. The van der Waals surface area contributed by atoms with Crippen molar-refractivity contribution in [2.75, 3.05) is 6.54 Å². The van der Waals surface area contributed by atoms with Gasteiger partial charge in [0.25, 0.3) is 0 Å². The van der Waals surface area contributed by atoms with Crippen LogP contribution in [0.2, 0.25) is 0 Å². The molecule has 3 nitrogen and oxygen atoms in total. The van der Waals surface area contributed by atoms with Gasteiger partial charge in [0.15, 0.2) is 0 Å². The Labute approximate surface area is 91.2 Å². The van der Waals surface area contributed by atoms with Gasteiger partial charge in [-0.1, -0.05) is 19.3 Å². The summed E-state index contributed by atoms with van der Waals surface area (Å²) < 4.78 is 0. The Kier molecular flexibility index (Phi) is 3.62. The van der Waals surface area contributed by atoms with E-state index in [0.29, 0.717) is 5.92 Å². The van der Waals surface area contributed by atoms with Crippen LogP contribution in [-0.4, -0.2) is 23.7 Å². The zero-order chi connectivity index (χ0) is 10.7. The third-order valence-electron chi connectivity index (χ3n) is 3.75. The molecule has 0 aromatic heterocycles. The third kappa shape index (κ3) is 2.94. The lowest BCUT2D eigenvalue weighted by Gasteiger charge is -2.32. The molecule has 0 aromatic carbocycles. The molecule has 86 valence electrons. The lowest BCUT2D eigenvalue weighted by molar-refractivity contribution is -0.126. The first-order chi connectivity index (χ1) is 7.25. The molecule has 2 aliphatic rings.